The molecule has 0 saturated carbocycles. The topological polar surface area (TPSA) is 39.1 Å². The summed E-state index contributed by atoms with van der Waals surface area (Å²) in [6.07, 6.45) is 0. The van der Waals surface area contributed by atoms with Crippen molar-refractivity contribution in [2.75, 3.05) is 19.0 Å². The van der Waals surface area contributed by atoms with Gasteiger partial charge in [0, 0.05) is 24.1 Å². The number of hydrogen-bond donors (Lipinski definition) is 1. The predicted octanol–water partition coefficient (Wildman–Crippen LogP) is 1.75. The van der Waals surface area contributed by atoms with Gasteiger partial charge in [-0.25, -0.2) is 4.68 Å². The summed E-state index contributed by atoms with van der Waals surface area (Å²) in [7, 11) is 3.44. The Bertz CT molecular complexity index is 308. The van der Waals surface area contributed by atoms with Gasteiger partial charge >= 0.3 is 0 Å². The van der Waals surface area contributed by atoms with E-state index in [9.17, 15) is 0 Å². The molecule has 4 nitrogen and oxygen atoms in total. The fourth-order valence-corrected chi connectivity index (χ4v) is 1.05. The highest BCUT2D eigenvalue weighted by Gasteiger charge is 2.03. The van der Waals surface area contributed by atoms with E-state index in [0.717, 1.165) is 16.2 Å². The van der Waals surface area contributed by atoms with Crippen LogP contribution in [0.15, 0.2) is 17.1 Å². The Kier molecular flexibility index (Phi) is 3.36. The minimum Gasteiger partial charge on any atom is -0.481 e. The second-order valence-corrected chi connectivity index (χ2v) is 3.69. The molecule has 0 bridgehead atoms. The average Bonchev–Trinajstić information content (AvgIpc) is 2.43. The highest BCUT2D eigenvalue weighted by molar-refractivity contribution is 9.11. The highest BCUT2D eigenvalue weighted by atomic mass is 79.9. The smallest absolute Gasteiger partial charge is 0.213 e. The zero-order valence-electron chi connectivity index (χ0n) is 7.67. The van der Waals surface area contributed by atoms with Gasteiger partial charge in [0.15, 0.2) is 5.82 Å². The molecule has 13 heavy (non-hydrogen) atoms. The average molecular weight is 246 g/mol. The first-order valence-corrected chi connectivity index (χ1v) is 4.58. The third kappa shape index (κ3) is 2.77. The molecular formula is C8H12BrN3O. The van der Waals surface area contributed by atoms with E-state index >= 15 is 0 Å². The standard InChI is InChI=1S/C8H12BrN3O/c1-6(9)5-10-7-4-8(13-3)12(2)11-7/h4H,1,5H2,2-3H3,(H,10,11). The molecule has 1 heterocycles. The maximum absolute atomic E-state index is 5.06. The van der Waals surface area contributed by atoms with Gasteiger partial charge in [0.05, 0.1) is 7.11 Å². The Morgan fingerprint density at radius 3 is 3.00 bits per heavy atom. The van der Waals surface area contributed by atoms with Crippen LogP contribution in [0.2, 0.25) is 0 Å². The normalized spacial score (nSPS) is 9.77. The number of halogens is 1. The molecule has 0 amide bonds. The molecule has 0 unspecified atom stereocenters. The van der Waals surface area contributed by atoms with Gasteiger partial charge in [0.2, 0.25) is 5.88 Å². The summed E-state index contributed by atoms with van der Waals surface area (Å²) in [5.74, 6) is 1.50. The third-order valence-electron chi connectivity index (χ3n) is 1.51. The van der Waals surface area contributed by atoms with E-state index in [4.69, 9.17) is 4.74 Å². The lowest BCUT2D eigenvalue weighted by Crippen LogP contribution is -2.01. The monoisotopic (exact) mass is 245 g/mol. The summed E-state index contributed by atoms with van der Waals surface area (Å²) in [5, 5.41) is 7.25. The molecule has 0 aromatic carbocycles. The molecule has 0 radical (unpaired) electrons. The van der Waals surface area contributed by atoms with E-state index in [1.54, 1.807) is 11.8 Å². The number of ether oxygens (including phenoxy) is 1. The van der Waals surface area contributed by atoms with Crippen molar-refractivity contribution < 1.29 is 4.74 Å². The number of aryl methyl sites for hydroxylation is 1. The highest BCUT2D eigenvalue weighted by Crippen LogP contribution is 2.15. The maximum atomic E-state index is 5.06. The first kappa shape index (κ1) is 10.1. The van der Waals surface area contributed by atoms with Crippen LogP contribution in [0.5, 0.6) is 5.88 Å². The quantitative estimate of drug-likeness (QED) is 0.879. The number of methoxy groups -OCH3 is 1. The second-order valence-electron chi connectivity index (χ2n) is 2.57. The van der Waals surface area contributed by atoms with Crippen molar-refractivity contribution in [2.24, 2.45) is 7.05 Å². The summed E-state index contributed by atoms with van der Waals surface area (Å²) in [6.45, 7) is 4.36. The first-order valence-electron chi connectivity index (χ1n) is 3.78. The molecule has 1 rings (SSSR count). The van der Waals surface area contributed by atoms with Crippen LogP contribution in [0, 0.1) is 0 Å². The molecule has 0 aliphatic rings. The Morgan fingerprint density at radius 1 is 1.85 bits per heavy atom. The van der Waals surface area contributed by atoms with E-state index in [2.05, 4.69) is 32.9 Å². The van der Waals surface area contributed by atoms with Gasteiger partial charge in [-0.3, -0.25) is 0 Å². The van der Waals surface area contributed by atoms with Crippen molar-refractivity contribution in [3.63, 3.8) is 0 Å². The van der Waals surface area contributed by atoms with Crippen molar-refractivity contribution >= 4 is 21.7 Å². The van der Waals surface area contributed by atoms with Gasteiger partial charge in [0.25, 0.3) is 0 Å². The van der Waals surface area contributed by atoms with Gasteiger partial charge in [-0.2, -0.15) is 5.10 Å². The largest absolute Gasteiger partial charge is 0.481 e. The van der Waals surface area contributed by atoms with Crippen LogP contribution in [-0.2, 0) is 7.05 Å². The Labute approximate surface area is 85.7 Å². The zero-order valence-corrected chi connectivity index (χ0v) is 9.26. The van der Waals surface area contributed by atoms with Crippen molar-refractivity contribution in [1.82, 2.24) is 9.78 Å². The molecule has 0 spiro atoms. The van der Waals surface area contributed by atoms with Crippen LogP contribution >= 0.6 is 15.9 Å². The summed E-state index contributed by atoms with van der Waals surface area (Å²) in [5.41, 5.74) is 0. The number of nitrogens with one attached hydrogen (secondary N) is 1. The third-order valence-corrected chi connectivity index (χ3v) is 1.79. The molecule has 72 valence electrons. The fraction of sp³-hybridized carbons (Fsp3) is 0.375. The van der Waals surface area contributed by atoms with Crippen LogP contribution in [0.4, 0.5) is 5.82 Å². The molecule has 0 atom stereocenters. The van der Waals surface area contributed by atoms with Crippen molar-refractivity contribution in [3.05, 3.63) is 17.1 Å². The van der Waals surface area contributed by atoms with E-state index in [1.165, 1.54) is 0 Å². The van der Waals surface area contributed by atoms with Gasteiger partial charge in [-0.1, -0.05) is 22.5 Å². The second kappa shape index (κ2) is 4.32. The maximum Gasteiger partial charge on any atom is 0.213 e. The van der Waals surface area contributed by atoms with Crippen LogP contribution in [0.1, 0.15) is 0 Å². The fourth-order valence-electron chi connectivity index (χ4n) is 0.914. The Balaban J connectivity index is 2.62. The van der Waals surface area contributed by atoms with Crippen molar-refractivity contribution in [3.8, 4) is 5.88 Å². The molecule has 1 N–H and O–H groups in total. The number of nitrogens with zero attached hydrogens (tertiary/aromatic N) is 2. The molecule has 0 aliphatic heterocycles. The van der Waals surface area contributed by atoms with Gasteiger partial charge in [0.1, 0.15) is 0 Å². The Hall–Kier alpha value is -0.970. The number of anilines is 1. The van der Waals surface area contributed by atoms with E-state index < -0.39 is 0 Å². The lowest BCUT2D eigenvalue weighted by Gasteiger charge is -1.98. The summed E-state index contributed by atoms with van der Waals surface area (Å²) < 4.78 is 7.61. The molecule has 0 aliphatic carbocycles. The van der Waals surface area contributed by atoms with Gasteiger partial charge < -0.3 is 10.1 Å². The van der Waals surface area contributed by atoms with Crippen LogP contribution in [0.3, 0.4) is 0 Å². The van der Waals surface area contributed by atoms with Crippen molar-refractivity contribution in [1.29, 1.82) is 0 Å². The van der Waals surface area contributed by atoms with Crippen LogP contribution < -0.4 is 10.1 Å². The zero-order chi connectivity index (χ0) is 9.84. The van der Waals surface area contributed by atoms with Gasteiger partial charge in [-0.05, 0) is 0 Å². The van der Waals surface area contributed by atoms with Crippen LogP contribution in [0.25, 0.3) is 0 Å². The summed E-state index contributed by atoms with van der Waals surface area (Å²) in [4.78, 5) is 0. The lowest BCUT2D eigenvalue weighted by molar-refractivity contribution is 0.373. The molecule has 0 fully saturated rings. The van der Waals surface area contributed by atoms with E-state index in [-0.39, 0.29) is 0 Å². The minimum atomic E-state index is 0.653. The lowest BCUT2D eigenvalue weighted by atomic mass is 10.5. The number of rotatable bonds is 4. The van der Waals surface area contributed by atoms with E-state index in [0.29, 0.717) is 6.54 Å². The molecule has 5 heteroatoms. The summed E-state index contributed by atoms with van der Waals surface area (Å²) in [6, 6.07) is 1.83. The Morgan fingerprint density at radius 2 is 2.54 bits per heavy atom. The van der Waals surface area contributed by atoms with Crippen LogP contribution in [-0.4, -0.2) is 23.4 Å². The molecule has 1 aromatic rings. The molecule has 1 aromatic heterocycles. The minimum absolute atomic E-state index is 0.653. The van der Waals surface area contributed by atoms with Gasteiger partial charge in [-0.15, -0.1) is 0 Å². The molecular weight excluding hydrogens is 234 g/mol. The first-order chi connectivity index (χ1) is 6.13. The van der Waals surface area contributed by atoms with Crippen molar-refractivity contribution in [2.45, 2.75) is 0 Å². The van der Waals surface area contributed by atoms with E-state index in [1.807, 2.05) is 13.1 Å². The SMILES string of the molecule is C=C(Br)CNc1cc(OC)n(C)n1. The number of hydrogen-bond acceptors (Lipinski definition) is 3. The summed E-state index contributed by atoms with van der Waals surface area (Å²) >= 11 is 3.25. The molecule has 0 saturated heterocycles. The predicted molar refractivity (Wildman–Crippen MR) is 56.3 cm³/mol. The number of aromatic nitrogens is 2.